The molecule has 2 aliphatic rings. The van der Waals surface area contributed by atoms with Crippen molar-refractivity contribution >= 4 is 64.3 Å². The molecule has 0 bridgehead atoms. The van der Waals surface area contributed by atoms with E-state index in [4.69, 9.17) is 0 Å². The Labute approximate surface area is 266 Å². The van der Waals surface area contributed by atoms with Crippen LogP contribution in [0.3, 0.4) is 0 Å². The quantitative estimate of drug-likeness (QED) is 0.138. The molecule has 236 valence electrons. The molecule has 1 aromatic heterocycles. The monoisotopic (exact) mass is 663 g/mol. The number of aryl methyl sites for hydroxylation is 1. The molecule has 0 radical (unpaired) electrons. The van der Waals surface area contributed by atoms with Gasteiger partial charge >= 0.3 is 11.9 Å². The first kappa shape index (κ1) is 33.5. The first-order chi connectivity index (χ1) is 20.8. The number of nitrogens with one attached hydrogen (secondary N) is 2. The van der Waals surface area contributed by atoms with E-state index in [1.54, 1.807) is 19.2 Å². The SMILES string of the molecule is Cn1nnnc1SCC1=C(C(=O)O)N2C(=O)C(NSC(=O)CCCC(NC(=O)c3ccc(C(C)(C)C)cc3)C(=O)O)[C@@H]2SC1. The summed E-state index contributed by atoms with van der Waals surface area (Å²) in [6.45, 7) is 6.15. The van der Waals surface area contributed by atoms with Crippen molar-refractivity contribution in [2.45, 2.75) is 68.1 Å². The van der Waals surface area contributed by atoms with Gasteiger partial charge in [-0.15, -0.1) is 16.9 Å². The fourth-order valence-electron chi connectivity index (χ4n) is 4.52. The van der Waals surface area contributed by atoms with Crippen molar-refractivity contribution in [2.75, 3.05) is 11.5 Å². The van der Waals surface area contributed by atoms with E-state index in [1.165, 1.54) is 33.1 Å². The first-order valence-corrected chi connectivity index (χ1v) is 16.5. The number of tetrazole rings is 1. The fraction of sp³-hybridized carbons (Fsp3) is 0.481. The first-order valence-electron chi connectivity index (χ1n) is 13.6. The van der Waals surface area contributed by atoms with E-state index in [1.807, 2.05) is 12.1 Å². The highest BCUT2D eigenvalue weighted by Crippen LogP contribution is 2.42. The molecule has 44 heavy (non-hydrogen) atoms. The highest BCUT2D eigenvalue weighted by Gasteiger charge is 2.53. The normalized spacial score (nSPS) is 18.8. The topological polar surface area (TPSA) is 197 Å². The van der Waals surface area contributed by atoms with Crippen molar-refractivity contribution in [1.82, 2.24) is 35.1 Å². The number of β-lactam (4-membered cyclic amide) rings is 1. The molecular formula is C27H33N7O7S3. The summed E-state index contributed by atoms with van der Waals surface area (Å²) >= 11 is 3.40. The van der Waals surface area contributed by atoms with Crippen LogP contribution in [0.4, 0.5) is 0 Å². The van der Waals surface area contributed by atoms with Gasteiger partial charge in [0.2, 0.25) is 16.2 Å². The summed E-state index contributed by atoms with van der Waals surface area (Å²) in [4.78, 5) is 63.1. The number of carbonyl (C=O) groups is 5. The minimum atomic E-state index is -1.21. The van der Waals surface area contributed by atoms with E-state index < -0.39 is 41.2 Å². The maximum absolute atomic E-state index is 12.9. The second-order valence-corrected chi connectivity index (χ2v) is 14.1. The number of rotatable bonds is 13. The molecule has 1 aromatic carbocycles. The van der Waals surface area contributed by atoms with Gasteiger partial charge in [0, 0.05) is 30.5 Å². The number of amides is 2. The lowest BCUT2D eigenvalue weighted by atomic mass is 9.86. The second-order valence-electron chi connectivity index (χ2n) is 11.2. The van der Waals surface area contributed by atoms with Crippen molar-refractivity contribution in [1.29, 1.82) is 0 Å². The van der Waals surface area contributed by atoms with Crippen LogP contribution in [0.5, 0.6) is 0 Å². The summed E-state index contributed by atoms with van der Waals surface area (Å²) in [6, 6.07) is 5.05. The average molecular weight is 664 g/mol. The highest BCUT2D eigenvalue weighted by atomic mass is 32.2. The number of aromatic nitrogens is 4. The molecule has 1 saturated heterocycles. The molecule has 2 aromatic rings. The van der Waals surface area contributed by atoms with Crippen LogP contribution < -0.4 is 10.0 Å². The van der Waals surface area contributed by atoms with Crippen LogP contribution >= 0.6 is 35.5 Å². The van der Waals surface area contributed by atoms with Crippen molar-refractivity contribution in [3.63, 3.8) is 0 Å². The minimum absolute atomic E-state index is 0.0125. The van der Waals surface area contributed by atoms with Gasteiger partial charge in [-0.2, -0.15) is 0 Å². The number of aliphatic carboxylic acids is 2. The van der Waals surface area contributed by atoms with E-state index in [0.29, 0.717) is 27.8 Å². The molecule has 3 heterocycles. The number of carbonyl (C=O) groups excluding carboxylic acids is 3. The predicted octanol–water partition coefficient (Wildman–Crippen LogP) is 2.04. The number of carboxylic acid groups (broad SMARTS) is 2. The summed E-state index contributed by atoms with van der Waals surface area (Å²) in [5, 5.41) is 32.9. The molecule has 4 rings (SSSR count). The Balaban J connectivity index is 1.24. The Bertz CT molecular complexity index is 1470. The number of hydrogen-bond donors (Lipinski definition) is 4. The van der Waals surface area contributed by atoms with E-state index in [-0.39, 0.29) is 35.5 Å². The molecule has 1 fully saturated rings. The summed E-state index contributed by atoms with van der Waals surface area (Å²) in [5.74, 6) is -2.70. The number of carboxylic acids is 2. The molecule has 2 amide bonds. The highest BCUT2D eigenvalue weighted by molar-refractivity contribution is 8.12. The van der Waals surface area contributed by atoms with Crippen LogP contribution in [0.25, 0.3) is 0 Å². The molecule has 4 N–H and O–H groups in total. The van der Waals surface area contributed by atoms with Crippen LogP contribution in [0.15, 0.2) is 40.7 Å². The summed E-state index contributed by atoms with van der Waals surface area (Å²) in [6.07, 6.45) is 0.253. The van der Waals surface area contributed by atoms with E-state index in [0.717, 1.165) is 17.5 Å². The van der Waals surface area contributed by atoms with Gasteiger partial charge < -0.3 is 15.5 Å². The van der Waals surface area contributed by atoms with Crippen LogP contribution in [0.1, 0.15) is 56.0 Å². The molecule has 0 saturated carbocycles. The van der Waals surface area contributed by atoms with Crippen molar-refractivity contribution in [3.8, 4) is 0 Å². The lowest BCUT2D eigenvalue weighted by Crippen LogP contribution is -2.68. The van der Waals surface area contributed by atoms with Crippen LogP contribution in [-0.2, 0) is 31.6 Å². The van der Waals surface area contributed by atoms with Crippen molar-refractivity contribution in [2.24, 2.45) is 7.05 Å². The van der Waals surface area contributed by atoms with Crippen molar-refractivity contribution in [3.05, 3.63) is 46.7 Å². The Hall–Kier alpha value is -3.41. The minimum Gasteiger partial charge on any atom is -0.480 e. The van der Waals surface area contributed by atoms with Gasteiger partial charge in [-0.1, -0.05) is 44.7 Å². The number of hydrogen-bond acceptors (Lipinski definition) is 12. The van der Waals surface area contributed by atoms with Gasteiger partial charge in [0.05, 0.1) is 0 Å². The molecule has 14 nitrogen and oxygen atoms in total. The average Bonchev–Trinajstić information content (AvgIpc) is 3.38. The Morgan fingerprint density at radius 3 is 2.45 bits per heavy atom. The maximum atomic E-state index is 12.9. The Kier molecular flexibility index (Phi) is 10.8. The maximum Gasteiger partial charge on any atom is 0.352 e. The molecule has 0 aliphatic carbocycles. The Morgan fingerprint density at radius 1 is 1.16 bits per heavy atom. The zero-order valence-corrected chi connectivity index (χ0v) is 26.9. The van der Waals surface area contributed by atoms with Crippen LogP contribution in [-0.4, -0.2) is 93.2 Å². The third kappa shape index (κ3) is 7.80. The lowest BCUT2D eigenvalue weighted by Gasteiger charge is -2.49. The largest absolute Gasteiger partial charge is 0.480 e. The van der Waals surface area contributed by atoms with Gasteiger partial charge in [0.15, 0.2) is 0 Å². The Morgan fingerprint density at radius 2 is 1.86 bits per heavy atom. The van der Waals surface area contributed by atoms with E-state index in [9.17, 15) is 34.2 Å². The number of benzene rings is 1. The molecule has 2 unspecified atom stereocenters. The summed E-state index contributed by atoms with van der Waals surface area (Å²) in [7, 11) is 1.67. The van der Waals surface area contributed by atoms with Crippen molar-refractivity contribution < 1.29 is 34.2 Å². The van der Waals surface area contributed by atoms with Gasteiger partial charge in [0.25, 0.3) is 5.91 Å². The molecule has 2 aliphatic heterocycles. The third-order valence-corrected chi connectivity index (χ3v) is 10.2. The molecule has 3 atom stereocenters. The number of fused-ring (bicyclic) bond motifs is 1. The predicted molar refractivity (Wildman–Crippen MR) is 165 cm³/mol. The lowest BCUT2D eigenvalue weighted by molar-refractivity contribution is -0.148. The standard InChI is InChI=1S/C27H33N7O7S3/c1-27(2,3)16-10-8-14(9-11-16)21(36)28-17(24(38)39)6-5-7-18(35)44-30-19-22(37)34-20(25(40)41)15(12-42-23(19)34)13-43-26-29-31-32-33(26)4/h8-11,17,19,23,30H,5-7,12-13H2,1-4H3,(H,28,36)(H,38,39)(H,40,41)/t17?,19?,23-/m0/s1. The fourth-order valence-corrected chi connectivity index (χ4v) is 7.67. The van der Waals surface area contributed by atoms with Gasteiger partial charge in [-0.3, -0.25) is 19.3 Å². The van der Waals surface area contributed by atoms with Crippen LogP contribution in [0, 0.1) is 0 Å². The number of nitrogens with zero attached hydrogens (tertiary/aromatic N) is 5. The number of thioether (sulfide) groups is 2. The van der Waals surface area contributed by atoms with Crippen LogP contribution in [0.2, 0.25) is 0 Å². The van der Waals surface area contributed by atoms with E-state index in [2.05, 4.69) is 46.3 Å². The summed E-state index contributed by atoms with van der Waals surface area (Å²) in [5.41, 5.74) is 1.81. The van der Waals surface area contributed by atoms with E-state index >= 15 is 0 Å². The molecular weight excluding hydrogens is 631 g/mol. The second kappa shape index (κ2) is 14.1. The molecule has 0 spiro atoms. The third-order valence-electron chi connectivity index (χ3n) is 7.00. The molecule has 17 heteroatoms. The summed E-state index contributed by atoms with van der Waals surface area (Å²) < 4.78 is 4.32. The zero-order chi connectivity index (χ0) is 32.2. The zero-order valence-electron chi connectivity index (χ0n) is 24.5. The van der Waals surface area contributed by atoms with Gasteiger partial charge in [-0.25, -0.2) is 19.0 Å². The smallest absolute Gasteiger partial charge is 0.352 e. The van der Waals surface area contributed by atoms with Gasteiger partial charge in [-0.05, 0) is 63.9 Å². The van der Waals surface area contributed by atoms with Gasteiger partial charge in [0.1, 0.15) is 23.2 Å².